The van der Waals surface area contributed by atoms with E-state index in [9.17, 15) is 0 Å². The van der Waals surface area contributed by atoms with Crippen LogP contribution in [0, 0.1) is 0 Å². The molecule has 0 aromatic carbocycles. The van der Waals surface area contributed by atoms with E-state index in [1.54, 1.807) is 0 Å². The number of epoxide rings is 2. The maximum atomic E-state index is 9.05. The van der Waals surface area contributed by atoms with Crippen LogP contribution in [0.2, 0.25) is 0 Å². The van der Waals surface area contributed by atoms with Gasteiger partial charge in [0.25, 0.3) is 0 Å². The Bertz CT molecular complexity index is 131. The van der Waals surface area contributed by atoms with Crippen LogP contribution in [0.25, 0.3) is 0 Å². The summed E-state index contributed by atoms with van der Waals surface area (Å²) in [6, 6.07) is 0. The molecule has 0 amide bonds. The predicted molar refractivity (Wildman–Crippen MR) is 39.4 cm³/mol. The van der Waals surface area contributed by atoms with Crippen molar-refractivity contribution in [2.75, 3.05) is 26.4 Å². The van der Waals surface area contributed by atoms with Gasteiger partial charge in [0.15, 0.2) is 0 Å². The maximum Gasteiger partial charge on any atom is 0.636 e. The van der Waals surface area contributed by atoms with Crippen molar-refractivity contribution in [3.63, 3.8) is 0 Å². The Morgan fingerprint density at radius 1 is 1.17 bits per heavy atom. The van der Waals surface area contributed by atoms with Crippen LogP contribution in [-0.2, 0) is 18.8 Å². The average Bonchev–Trinajstić information content (AvgIpc) is 2.89. The van der Waals surface area contributed by atoms with E-state index >= 15 is 0 Å². The molecule has 0 aromatic rings. The Morgan fingerprint density at radius 2 is 1.58 bits per heavy atom. The SMILES string of the molecule is OB(OCC1CO1)OCC1CO1. The van der Waals surface area contributed by atoms with Crippen molar-refractivity contribution in [1.29, 1.82) is 0 Å². The van der Waals surface area contributed by atoms with Crippen LogP contribution in [0.15, 0.2) is 0 Å². The summed E-state index contributed by atoms with van der Waals surface area (Å²) >= 11 is 0. The molecule has 12 heavy (non-hydrogen) atoms. The van der Waals surface area contributed by atoms with E-state index in [1.165, 1.54) is 0 Å². The highest BCUT2D eigenvalue weighted by Gasteiger charge is 2.29. The monoisotopic (exact) mass is 174 g/mol. The molecule has 0 spiro atoms. The first kappa shape index (κ1) is 8.46. The molecular formula is C6H11BO5. The molecule has 0 bridgehead atoms. The van der Waals surface area contributed by atoms with Crippen molar-refractivity contribution in [3.8, 4) is 0 Å². The van der Waals surface area contributed by atoms with Crippen LogP contribution in [0.1, 0.15) is 0 Å². The first-order chi connectivity index (χ1) is 5.84. The summed E-state index contributed by atoms with van der Waals surface area (Å²) in [7, 11) is -1.14. The standard InChI is InChI=1S/C6H11BO5/c8-7(11-3-5-1-9-5)12-4-6-2-10-6/h5-6,8H,1-4H2. The van der Waals surface area contributed by atoms with Crippen LogP contribution in [0.4, 0.5) is 0 Å². The first-order valence-electron chi connectivity index (χ1n) is 3.99. The second kappa shape index (κ2) is 3.72. The molecular weight excluding hydrogens is 163 g/mol. The summed E-state index contributed by atoms with van der Waals surface area (Å²) in [5, 5.41) is 9.05. The fourth-order valence-electron chi connectivity index (χ4n) is 0.756. The summed E-state index contributed by atoms with van der Waals surface area (Å²) in [5.74, 6) is 0. The van der Waals surface area contributed by atoms with Crippen molar-refractivity contribution >= 4 is 7.32 Å². The van der Waals surface area contributed by atoms with E-state index in [0.29, 0.717) is 13.2 Å². The zero-order valence-electron chi connectivity index (χ0n) is 6.64. The lowest BCUT2D eigenvalue weighted by atomic mass is 10.2. The van der Waals surface area contributed by atoms with Gasteiger partial charge in [-0.2, -0.15) is 0 Å². The van der Waals surface area contributed by atoms with Crippen LogP contribution in [0.3, 0.4) is 0 Å². The Morgan fingerprint density at radius 3 is 1.92 bits per heavy atom. The number of hydrogen-bond donors (Lipinski definition) is 1. The fraction of sp³-hybridized carbons (Fsp3) is 1.00. The van der Waals surface area contributed by atoms with Gasteiger partial charge in [-0.1, -0.05) is 0 Å². The highest BCUT2D eigenvalue weighted by Crippen LogP contribution is 2.11. The zero-order valence-corrected chi connectivity index (χ0v) is 6.64. The van der Waals surface area contributed by atoms with E-state index in [2.05, 4.69) is 0 Å². The molecule has 6 heteroatoms. The van der Waals surface area contributed by atoms with E-state index in [4.69, 9.17) is 23.8 Å². The van der Waals surface area contributed by atoms with Gasteiger partial charge in [0.1, 0.15) is 12.2 Å². The van der Waals surface area contributed by atoms with Crippen molar-refractivity contribution in [3.05, 3.63) is 0 Å². The van der Waals surface area contributed by atoms with Gasteiger partial charge in [0.05, 0.1) is 26.4 Å². The van der Waals surface area contributed by atoms with Crippen LogP contribution >= 0.6 is 0 Å². The zero-order chi connectivity index (χ0) is 8.39. The largest absolute Gasteiger partial charge is 0.636 e. The van der Waals surface area contributed by atoms with Crippen LogP contribution in [-0.4, -0.2) is 51.0 Å². The van der Waals surface area contributed by atoms with E-state index in [0.717, 1.165) is 13.2 Å². The second-order valence-corrected chi connectivity index (χ2v) is 2.88. The minimum absolute atomic E-state index is 0.153. The summed E-state index contributed by atoms with van der Waals surface area (Å²) < 4.78 is 19.6. The third kappa shape index (κ3) is 3.08. The van der Waals surface area contributed by atoms with E-state index in [1.807, 2.05) is 0 Å². The van der Waals surface area contributed by atoms with Crippen molar-refractivity contribution in [1.82, 2.24) is 0 Å². The van der Waals surface area contributed by atoms with Crippen molar-refractivity contribution in [2.45, 2.75) is 12.2 Å². The minimum atomic E-state index is -1.14. The topological polar surface area (TPSA) is 63.8 Å². The molecule has 2 rings (SSSR count). The number of ether oxygens (including phenoxy) is 2. The van der Waals surface area contributed by atoms with Gasteiger partial charge in [0.2, 0.25) is 0 Å². The van der Waals surface area contributed by atoms with E-state index in [-0.39, 0.29) is 12.2 Å². The molecule has 2 unspecified atom stereocenters. The highest BCUT2D eigenvalue weighted by molar-refractivity contribution is 6.34. The third-order valence-corrected chi connectivity index (χ3v) is 1.65. The van der Waals surface area contributed by atoms with Gasteiger partial charge in [-0.05, 0) is 0 Å². The average molecular weight is 174 g/mol. The normalized spacial score (nSPS) is 31.8. The van der Waals surface area contributed by atoms with Crippen molar-refractivity contribution < 1.29 is 23.8 Å². The summed E-state index contributed by atoms with van der Waals surface area (Å²) in [6.45, 7) is 2.23. The molecule has 5 nitrogen and oxygen atoms in total. The van der Waals surface area contributed by atoms with Gasteiger partial charge < -0.3 is 23.8 Å². The van der Waals surface area contributed by atoms with Gasteiger partial charge in [-0.25, -0.2) is 0 Å². The van der Waals surface area contributed by atoms with Gasteiger partial charge in [-0.15, -0.1) is 0 Å². The maximum absolute atomic E-state index is 9.05. The molecule has 2 heterocycles. The van der Waals surface area contributed by atoms with Crippen LogP contribution < -0.4 is 0 Å². The first-order valence-corrected chi connectivity index (χ1v) is 3.99. The lowest BCUT2D eigenvalue weighted by molar-refractivity contribution is 0.115. The van der Waals surface area contributed by atoms with Gasteiger partial charge in [-0.3, -0.25) is 0 Å². The molecule has 2 fully saturated rings. The molecule has 2 aliphatic heterocycles. The summed E-state index contributed by atoms with van der Waals surface area (Å²) in [5.41, 5.74) is 0. The minimum Gasteiger partial charge on any atom is -0.402 e. The molecule has 0 radical (unpaired) electrons. The Balaban J connectivity index is 1.47. The molecule has 2 atom stereocenters. The summed E-state index contributed by atoms with van der Waals surface area (Å²) in [6.07, 6.45) is 0.306. The highest BCUT2D eigenvalue weighted by atomic mass is 16.7. The molecule has 0 aromatic heterocycles. The molecule has 0 aliphatic carbocycles. The van der Waals surface area contributed by atoms with Crippen molar-refractivity contribution in [2.24, 2.45) is 0 Å². The molecule has 68 valence electrons. The lowest BCUT2D eigenvalue weighted by Gasteiger charge is -2.05. The van der Waals surface area contributed by atoms with Gasteiger partial charge in [0, 0.05) is 0 Å². The van der Waals surface area contributed by atoms with Crippen LogP contribution in [0.5, 0.6) is 0 Å². The quantitative estimate of drug-likeness (QED) is 0.404. The lowest BCUT2D eigenvalue weighted by Crippen LogP contribution is -2.26. The number of hydrogen-bond acceptors (Lipinski definition) is 5. The van der Waals surface area contributed by atoms with Gasteiger partial charge >= 0.3 is 7.32 Å². The second-order valence-electron chi connectivity index (χ2n) is 2.88. The third-order valence-electron chi connectivity index (χ3n) is 1.65. The molecule has 2 aliphatic rings. The fourth-order valence-corrected chi connectivity index (χ4v) is 0.756. The summed E-state index contributed by atoms with van der Waals surface area (Å²) in [4.78, 5) is 0. The Hall–Kier alpha value is -0.135. The molecule has 0 saturated carbocycles. The smallest absolute Gasteiger partial charge is 0.402 e. The predicted octanol–water partition coefficient (Wildman–Crippen LogP) is -1.21. The van der Waals surface area contributed by atoms with E-state index < -0.39 is 7.32 Å². The molecule has 1 N–H and O–H groups in total. The Kier molecular flexibility index (Phi) is 2.62. The molecule has 2 saturated heterocycles. The number of rotatable bonds is 6. The Labute approximate surface area is 70.7 Å².